The minimum atomic E-state index is -3.53. The van der Waals surface area contributed by atoms with Crippen molar-refractivity contribution in [2.45, 2.75) is 24.8 Å². The second kappa shape index (κ2) is 6.54. The molecule has 1 N–H and O–H groups in total. The minimum Gasteiger partial charge on any atom is -0.282 e. The van der Waals surface area contributed by atoms with E-state index in [-0.39, 0.29) is 0 Å². The van der Waals surface area contributed by atoms with Crippen molar-refractivity contribution in [2.75, 3.05) is 6.54 Å². The first-order chi connectivity index (χ1) is 12.4. The first-order valence-electron chi connectivity index (χ1n) is 8.34. The van der Waals surface area contributed by atoms with E-state index in [1.807, 2.05) is 43.3 Å². The van der Waals surface area contributed by atoms with Crippen LogP contribution in [0.5, 0.6) is 0 Å². The number of H-pyrrole nitrogens is 1. The molecule has 0 fully saturated rings. The van der Waals surface area contributed by atoms with Gasteiger partial charge in [0.1, 0.15) is 0 Å². The standard InChI is InChI=1S/C19H18ClN3O2S/c1-13-2-8-16(9-3-13)26(24,25)23-11-10-18-17(12-23)19(22-21-18)14-4-6-15(20)7-5-14/h2-9H,10-12H2,1H3,(H,21,22). The van der Waals surface area contributed by atoms with Gasteiger partial charge >= 0.3 is 0 Å². The lowest BCUT2D eigenvalue weighted by Gasteiger charge is -2.26. The molecule has 7 heteroatoms. The molecule has 1 aromatic heterocycles. The summed E-state index contributed by atoms with van der Waals surface area (Å²) < 4.78 is 27.5. The van der Waals surface area contributed by atoms with Crippen LogP contribution in [0.1, 0.15) is 16.8 Å². The van der Waals surface area contributed by atoms with E-state index < -0.39 is 10.0 Å². The van der Waals surface area contributed by atoms with Gasteiger partial charge in [-0.05, 0) is 31.2 Å². The maximum Gasteiger partial charge on any atom is 0.243 e. The van der Waals surface area contributed by atoms with Crippen LogP contribution in [0.4, 0.5) is 0 Å². The molecule has 0 atom stereocenters. The summed E-state index contributed by atoms with van der Waals surface area (Å²) in [5, 5.41) is 8.12. The molecule has 4 rings (SSSR count). The maximum atomic E-state index is 13.0. The first-order valence-corrected chi connectivity index (χ1v) is 10.2. The number of aromatic nitrogens is 2. The van der Waals surface area contributed by atoms with Crippen LogP contribution in [0.15, 0.2) is 53.4 Å². The summed E-state index contributed by atoms with van der Waals surface area (Å²) in [5.41, 5.74) is 4.64. The fraction of sp³-hybridized carbons (Fsp3) is 0.211. The fourth-order valence-electron chi connectivity index (χ4n) is 3.18. The largest absolute Gasteiger partial charge is 0.282 e. The van der Waals surface area contributed by atoms with E-state index in [1.165, 1.54) is 4.31 Å². The summed E-state index contributed by atoms with van der Waals surface area (Å²) in [6.45, 7) is 2.68. The average molecular weight is 388 g/mol. The predicted octanol–water partition coefficient (Wildman–Crippen LogP) is 3.79. The van der Waals surface area contributed by atoms with Gasteiger partial charge in [0.25, 0.3) is 0 Å². The number of hydrogen-bond donors (Lipinski definition) is 1. The molecule has 0 saturated carbocycles. The Bertz CT molecular complexity index is 1040. The molecule has 3 aromatic rings. The SMILES string of the molecule is Cc1ccc(S(=O)(=O)N2CCc3[nH]nc(-c4ccc(Cl)cc4)c3C2)cc1. The summed E-state index contributed by atoms with van der Waals surface area (Å²) in [5.74, 6) is 0. The van der Waals surface area contributed by atoms with Gasteiger partial charge in [-0.15, -0.1) is 0 Å². The molecule has 0 amide bonds. The molecule has 1 aliphatic rings. The van der Waals surface area contributed by atoms with E-state index in [0.717, 1.165) is 28.1 Å². The van der Waals surface area contributed by atoms with Crippen molar-refractivity contribution in [1.82, 2.24) is 14.5 Å². The molecule has 0 radical (unpaired) electrons. The van der Waals surface area contributed by atoms with Crippen LogP contribution in [-0.4, -0.2) is 29.5 Å². The van der Waals surface area contributed by atoms with Gasteiger partial charge in [0.15, 0.2) is 0 Å². The van der Waals surface area contributed by atoms with Gasteiger partial charge in [-0.2, -0.15) is 9.40 Å². The molecule has 5 nitrogen and oxygen atoms in total. The lowest BCUT2D eigenvalue weighted by atomic mass is 10.0. The fourth-order valence-corrected chi connectivity index (χ4v) is 4.72. The Morgan fingerprint density at radius 1 is 1.08 bits per heavy atom. The van der Waals surface area contributed by atoms with Gasteiger partial charge in [-0.25, -0.2) is 8.42 Å². The summed E-state index contributed by atoms with van der Waals surface area (Å²) in [4.78, 5) is 0.322. The van der Waals surface area contributed by atoms with E-state index in [0.29, 0.717) is 29.4 Å². The number of rotatable bonds is 3. The van der Waals surface area contributed by atoms with Gasteiger partial charge in [0, 0.05) is 41.4 Å². The number of nitrogens with zero attached hydrogens (tertiary/aromatic N) is 2. The molecule has 134 valence electrons. The van der Waals surface area contributed by atoms with Crippen molar-refractivity contribution >= 4 is 21.6 Å². The number of fused-ring (bicyclic) bond motifs is 1. The van der Waals surface area contributed by atoms with Crippen molar-refractivity contribution in [3.05, 3.63) is 70.4 Å². The van der Waals surface area contributed by atoms with E-state index in [9.17, 15) is 8.42 Å². The van der Waals surface area contributed by atoms with Gasteiger partial charge in [0.2, 0.25) is 10.0 Å². The summed E-state index contributed by atoms with van der Waals surface area (Å²) >= 11 is 5.96. The molecular weight excluding hydrogens is 370 g/mol. The third-order valence-electron chi connectivity index (χ3n) is 4.67. The Balaban J connectivity index is 1.68. The molecule has 0 aliphatic carbocycles. The Hall–Kier alpha value is -2.15. The highest BCUT2D eigenvalue weighted by molar-refractivity contribution is 7.89. The van der Waals surface area contributed by atoms with Crippen LogP contribution >= 0.6 is 11.6 Å². The average Bonchev–Trinajstić information content (AvgIpc) is 3.06. The van der Waals surface area contributed by atoms with E-state index in [2.05, 4.69) is 10.2 Å². The first kappa shape index (κ1) is 17.3. The highest BCUT2D eigenvalue weighted by Crippen LogP contribution is 2.31. The molecule has 0 saturated heterocycles. The molecule has 0 bridgehead atoms. The zero-order valence-electron chi connectivity index (χ0n) is 14.2. The smallest absolute Gasteiger partial charge is 0.243 e. The second-order valence-corrected chi connectivity index (χ2v) is 8.81. The zero-order chi connectivity index (χ0) is 18.3. The molecular formula is C19H18ClN3O2S. The van der Waals surface area contributed by atoms with Crippen LogP contribution in [-0.2, 0) is 23.0 Å². The van der Waals surface area contributed by atoms with Crippen LogP contribution in [0.2, 0.25) is 5.02 Å². The van der Waals surface area contributed by atoms with E-state index in [4.69, 9.17) is 11.6 Å². The second-order valence-electron chi connectivity index (χ2n) is 6.44. The monoisotopic (exact) mass is 387 g/mol. The number of aryl methyl sites for hydroxylation is 1. The predicted molar refractivity (Wildman–Crippen MR) is 102 cm³/mol. The third kappa shape index (κ3) is 3.05. The lowest BCUT2D eigenvalue weighted by Crippen LogP contribution is -2.35. The van der Waals surface area contributed by atoms with Crippen LogP contribution < -0.4 is 0 Å². The van der Waals surface area contributed by atoms with Crippen molar-refractivity contribution in [2.24, 2.45) is 0 Å². The van der Waals surface area contributed by atoms with E-state index >= 15 is 0 Å². The number of hydrogen-bond acceptors (Lipinski definition) is 3. The summed E-state index contributed by atoms with van der Waals surface area (Å²) in [6.07, 6.45) is 0.612. The number of nitrogens with one attached hydrogen (secondary N) is 1. The third-order valence-corrected chi connectivity index (χ3v) is 6.79. The van der Waals surface area contributed by atoms with Crippen molar-refractivity contribution < 1.29 is 8.42 Å². The molecule has 0 unspecified atom stereocenters. The maximum absolute atomic E-state index is 13.0. The molecule has 2 heterocycles. The number of halogens is 1. The Morgan fingerprint density at radius 2 is 1.77 bits per heavy atom. The number of benzene rings is 2. The summed E-state index contributed by atoms with van der Waals surface area (Å²) in [6, 6.07) is 14.4. The summed E-state index contributed by atoms with van der Waals surface area (Å²) in [7, 11) is -3.53. The Labute approximate surface area is 157 Å². The molecule has 1 aliphatic heterocycles. The van der Waals surface area contributed by atoms with Gasteiger partial charge < -0.3 is 0 Å². The molecule has 2 aromatic carbocycles. The van der Waals surface area contributed by atoms with E-state index in [1.54, 1.807) is 12.1 Å². The zero-order valence-corrected chi connectivity index (χ0v) is 15.8. The molecule has 26 heavy (non-hydrogen) atoms. The molecule has 0 spiro atoms. The number of sulfonamides is 1. The number of aromatic amines is 1. The highest BCUT2D eigenvalue weighted by atomic mass is 35.5. The highest BCUT2D eigenvalue weighted by Gasteiger charge is 2.31. The van der Waals surface area contributed by atoms with Crippen LogP contribution in [0.25, 0.3) is 11.3 Å². The minimum absolute atomic E-state index is 0.306. The van der Waals surface area contributed by atoms with Gasteiger partial charge in [-0.1, -0.05) is 41.4 Å². The van der Waals surface area contributed by atoms with Gasteiger partial charge in [-0.3, -0.25) is 5.10 Å². The van der Waals surface area contributed by atoms with Crippen LogP contribution in [0.3, 0.4) is 0 Å². The van der Waals surface area contributed by atoms with Crippen LogP contribution in [0, 0.1) is 6.92 Å². The lowest BCUT2D eigenvalue weighted by molar-refractivity contribution is 0.390. The Kier molecular flexibility index (Phi) is 4.34. The van der Waals surface area contributed by atoms with Crippen molar-refractivity contribution in [3.63, 3.8) is 0 Å². The quantitative estimate of drug-likeness (QED) is 0.743. The van der Waals surface area contributed by atoms with Crippen molar-refractivity contribution in [3.8, 4) is 11.3 Å². The topological polar surface area (TPSA) is 66.1 Å². The van der Waals surface area contributed by atoms with Crippen molar-refractivity contribution in [1.29, 1.82) is 0 Å². The van der Waals surface area contributed by atoms with Gasteiger partial charge in [0.05, 0.1) is 10.6 Å². The normalized spacial score (nSPS) is 15.0. The Morgan fingerprint density at radius 3 is 2.46 bits per heavy atom.